The standard InChI is InChI=1S/C14H19N3O/c1-9-8-12-13(16-11(3)18-12)10(2)14(9)17-6-4-15-5-7-17/h8,15H,4-7H2,1-3H3. The number of fused-ring (bicyclic) bond motifs is 1. The summed E-state index contributed by atoms with van der Waals surface area (Å²) in [6.45, 7) is 10.4. The second kappa shape index (κ2) is 4.28. The molecule has 0 saturated carbocycles. The van der Waals surface area contributed by atoms with Gasteiger partial charge in [-0.2, -0.15) is 0 Å². The van der Waals surface area contributed by atoms with E-state index in [1.54, 1.807) is 0 Å². The molecule has 2 aromatic rings. The molecule has 1 aliphatic rings. The fourth-order valence-electron chi connectivity index (χ4n) is 2.86. The van der Waals surface area contributed by atoms with Crippen molar-refractivity contribution < 1.29 is 4.42 Å². The summed E-state index contributed by atoms with van der Waals surface area (Å²) in [5.41, 5.74) is 5.76. The van der Waals surface area contributed by atoms with Gasteiger partial charge in [-0.25, -0.2) is 4.98 Å². The van der Waals surface area contributed by atoms with Gasteiger partial charge in [0.1, 0.15) is 5.52 Å². The van der Waals surface area contributed by atoms with E-state index in [1.807, 2.05) is 6.92 Å². The molecule has 1 aromatic carbocycles. The van der Waals surface area contributed by atoms with E-state index in [-0.39, 0.29) is 0 Å². The van der Waals surface area contributed by atoms with Crippen molar-refractivity contribution in [2.75, 3.05) is 31.1 Å². The van der Waals surface area contributed by atoms with Crippen LogP contribution in [0.2, 0.25) is 0 Å². The molecule has 0 bridgehead atoms. The molecule has 2 heterocycles. The predicted molar refractivity (Wildman–Crippen MR) is 73.3 cm³/mol. The summed E-state index contributed by atoms with van der Waals surface area (Å²) in [4.78, 5) is 6.95. The number of aromatic nitrogens is 1. The summed E-state index contributed by atoms with van der Waals surface area (Å²) in [5.74, 6) is 0.741. The Morgan fingerprint density at radius 2 is 1.94 bits per heavy atom. The SMILES string of the molecule is Cc1nc2c(C)c(N3CCNCC3)c(C)cc2o1. The highest BCUT2D eigenvalue weighted by molar-refractivity contribution is 5.85. The molecule has 0 spiro atoms. The van der Waals surface area contributed by atoms with Crippen LogP contribution in [0.4, 0.5) is 5.69 Å². The minimum atomic E-state index is 0.741. The van der Waals surface area contributed by atoms with Crippen LogP contribution in [0, 0.1) is 20.8 Å². The smallest absolute Gasteiger partial charge is 0.192 e. The third-order valence-corrected chi connectivity index (χ3v) is 3.63. The number of benzene rings is 1. The maximum atomic E-state index is 5.63. The highest BCUT2D eigenvalue weighted by atomic mass is 16.3. The first-order valence-corrected chi connectivity index (χ1v) is 6.50. The van der Waals surface area contributed by atoms with Gasteiger partial charge in [0.25, 0.3) is 0 Å². The first-order valence-electron chi connectivity index (χ1n) is 6.50. The molecule has 1 aromatic heterocycles. The summed E-state index contributed by atoms with van der Waals surface area (Å²) in [5, 5.41) is 3.39. The second-order valence-corrected chi connectivity index (χ2v) is 4.98. The zero-order valence-corrected chi connectivity index (χ0v) is 11.2. The fraction of sp³-hybridized carbons (Fsp3) is 0.500. The van der Waals surface area contributed by atoms with Crippen LogP contribution in [0.15, 0.2) is 10.5 Å². The molecule has 1 fully saturated rings. The Balaban J connectivity index is 2.15. The Morgan fingerprint density at radius 3 is 2.67 bits per heavy atom. The van der Waals surface area contributed by atoms with Gasteiger partial charge in [-0.3, -0.25) is 0 Å². The van der Waals surface area contributed by atoms with Gasteiger partial charge in [0.15, 0.2) is 11.5 Å². The van der Waals surface area contributed by atoms with Crippen LogP contribution in [0.3, 0.4) is 0 Å². The van der Waals surface area contributed by atoms with Crippen molar-refractivity contribution in [2.24, 2.45) is 0 Å². The number of piperazine rings is 1. The van der Waals surface area contributed by atoms with Crippen LogP contribution < -0.4 is 10.2 Å². The van der Waals surface area contributed by atoms with Crippen molar-refractivity contribution in [1.29, 1.82) is 0 Å². The van der Waals surface area contributed by atoms with Crippen molar-refractivity contribution >= 4 is 16.8 Å². The quantitative estimate of drug-likeness (QED) is 0.836. The number of rotatable bonds is 1. The van der Waals surface area contributed by atoms with Crippen LogP contribution in [0.1, 0.15) is 17.0 Å². The maximum Gasteiger partial charge on any atom is 0.192 e. The van der Waals surface area contributed by atoms with Crippen LogP contribution in [0.25, 0.3) is 11.1 Å². The Bertz CT molecular complexity index is 582. The number of hydrogen-bond donors (Lipinski definition) is 1. The van der Waals surface area contributed by atoms with Crippen LogP contribution in [-0.2, 0) is 0 Å². The number of nitrogens with zero attached hydrogens (tertiary/aromatic N) is 2. The van der Waals surface area contributed by atoms with Gasteiger partial charge in [0, 0.05) is 44.4 Å². The van der Waals surface area contributed by atoms with E-state index in [1.165, 1.54) is 16.8 Å². The largest absolute Gasteiger partial charge is 0.441 e. The molecule has 0 aliphatic carbocycles. The third-order valence-electron chi connectivity index (χ3n) is 3.63. The second-order valence-electron chi connectivity index (χ2n) is 4.98. The van der Waals surface area contributed by atoms with E-state index < -0.39 is 0 Å². The lowest BCUT2D eigenvalue weighted by atomic mass is 10.1. The molecule has 1 aliphatic heterocycles. The molecule has 1 saturated heterocycles. The minimum Gasteiger partial charge on any atom is -0.441 e. The molecular formula is C14H19N3O. The average molecular weight is 245 g/mol. The normalized spacial score (nSPS) is 16.5. The van der Waals surface area contributed by atoms with E-state index in [4.69, 9.17) is 4.42 Å². The molecule has 4 heteroatoms. The molecule has 18 heavy (non-hydrogen) atoms. The van der Waals surface area contributed by atoms with Gasteiger partial charge in [-0.15, -0.1) is 0 Å². The first kappa shape index (κ1) is 11.5. The molecule has 4 nitrogen and oxygen atoms in total. The van der Waals surface area contributed by atoms with Crippen molar-refractivity contribution in [3.05, 3.63) is 23.1 Å². The molecular weight excluding hydrogens is 226 g/mol. The van der Waals surface area contributed by atoms with Gasteiger partial charge < -0.3 is 14.6 Å². The number of oxazole rings is 1. The topological polar surface area (TPSA) is 41.3 Å². The monoisotopic (exact) mass is 245 g/mol. The fourth-order valence-corrected chi connectivity index (χ4v) is 2.86. The highest BCUT2D eigenvalue weighted by Crippen LogP contribution is 2.32. The average Bonchev–Trinajstić information content (AvgIpc) is 2.71. The van der Waals surface area contributed by atoms with E-state index >= 15 is 0 Å². The molecule has 0 amide bonds. The van der Waals surface area contributed by atoms with Gasteiger partial charge in [-0.1, -0.05) is 0 Å². The molecule has 1 N–H and O–H groups in total. The van der Waals surface area contributed by atoms with Crippen molar-refractivity contribution in [1.82, 2.24) is 10.3 Å². The van der Waals surface area contributed by atoms with Gasteiger partial charge in [-0.05, 0) is 25.5 Å². The van der Waals surface area contributed by atoms with Crippen molar-refractivity contribution in [2.45, 2.75) is 20.8 Å². The molecule has 96 valence electrons. The Hall–Kier alpha value is -1.55. The van der Waals surface area contributed by atoms with Gasteiger partial charge in [0.05, 0.1) is 0 Å². The van der Waals surface area contributed by atoms with Crippen LogP contribution in [0.5, 0.6) is 0 Å². The Labute approximate surface area is 107 Å². The van der Waals surface area contributed by atoms with E-state index in [0.717, 1.165) is 43.2 Å². The van der Waals surface area contributed by atoms with E-state index in [2.05, 4.69) is 35.1 Å². The summed E-state index contributed by atoms with van der Waals surface area (Å²) in [6.07, 6.45) is 0. The molecule has 0 unspecified atom stereocenters. The number of hydrogen-bond acceptors (Lipinski definition) is 4. The summed E-state index contributed by atoms with van der Waals surface area (Å²) in [6, 6.07) is 2.11. The first-order chi connectivity index (χ1) is 8.66. The summed E-state index contributed by atoms with van der Waals surface area (Å²) in [7, 11) is 0. The highest BCUT2D eigenvalue weighted by Gasteiger charge is 2.18. The van der Waals surface area contributed by atoms with E-state index in [0.29, 0.717) is 0 Å². The predicted octanol–water partition coefficient (Wildman–Crippen LogP) is 2.16. The maximum absolute atomic E-state index is 5.63. The molecule has 0 radical (unpaired) electrons. The van der Waals surface area contributed by atoms with Crippen LogP contribution in [-0.4, -0.2) is 31.2 Å². The number of anilines is 1. The molecule has 3 rings (SSSR count). The molecule has 0 atom stereocenters. The van der Waals surface area contributed by atoms with Crippen LogP contribution >= 0.6 is 0 Å². The zero-order valence-electron chi connectivity index (χ0n) is 11.2. The van der Waals surface area contributed by atoms with Gasteiger partial charge in [0.2, 0.25) is 0 Å². The number of aryl methyl sites for hydroxylation is 3. The summed E-state index contributed by atoms with van der Waals surface area (Å²) >= 11 is 0. The Kier molecular flexibility index (Phi) is 2.74. The lowest BCUT2D eigenvalue weighted by Crippen LogP contribution is -2.44. The van der Waals surface area contributed by atoms with Gasteiger partial charge >= 0.3 is 0 Å². The third kappa shape index (κ3) is 1.77. The minimum absolute atomic E-state index is 0.741. The lowest BCUT2D eigenvalue weighted by molar-refractivity contribution is 0.560. The lowest BCUT2D eigenvalue weighted by Gasteiger charge is -2.32. The summed E-state index contributed by atoms with van der Waals surface area (Å²) < 4.78 is 5.63. The Morgan fingerprint density at radius 1 is 1.22 bits per heavy atom. The zero-order chi connectivity index (χ0) is 12.7. The van der Waals surface area contributed by atoms with Crippen molar-refractivity contribution in [3.8, 4) is 0 Å². The number of nitrogens with one attached hydrogen (secondary N) is 1. The van der Waals surface area contributed by atoms with Crippen molar-refractivity contribution in [3.63, 3.8) is 0 Å². The van der Waals surface area contributed by atoms with E-state index in [9.17, 15) is 0 Å².